The Morgan fingerprint density at radius 3 is 2.81 bits per heavy atom. The highest BCUT2D eigenvalue weighted by Gasteiger charge is 2.30. The Labute approximate surface area is 97.8 Å². The normalized spacial score (nSPS) is 32.4. The second-order valence-corrected chi connectivity index (χ2v) is 5.38. The minimum Gasteiger partial charge on any atom is -0.342 e. The van der Waals surface area contributed by atoms with Gasteiger partial charge in [-0.3, -0.25) is 4.79 Å². The molecule has 0 saturated carbocycles. The Bertz CT molecular complexity index is 257. The number of carbonyl (C=O) groups excluding carboxylic acids is 1. The fourth-order valence-corrected chi connectivity index (χ4v) is 2.92. The standard InChI is InChI=1S/C12H23N3O/c1-14-4-2-3-10(7-14)8-15-9-11(6-13)5-12(15)16/h10-11H,2-9,13H2,1H3. The number of rotatable bonds is 3. The van der Waals surface area contributed by atoms with Crippen LogP contribution >= 0.6 is 0 Å². The quantitative estimate of drug-likeness (QED) is 0.743. The van der Waals surface area contributed by atoms with Crippen LogP contribution in [0, 0.1) is 11.8 Å². The molecule has 4 nitrogen and oxygen atoms in total. The van der Waals surface area contributed by atoms with Gasteiger partial charge in [0.2, 0.25) is 5.91 Å². The van der Waals surface area contributed by atoms with Crippen molar-refractivity contribution in [1.29, 1.82) is 0 Å². The van der Waals surface area contributed by atoms with E-state index in [2.05, 4.69) is 11.9 Å². The van der Waals surface area contributed by atoms with Crippen LogP contribution in [0.15, 0.2) is 0 Å². The zero-order valence-corrected chi connectivity index (χ0v) is 10.2. The van der Waals surface area contributed by atoms with Crippen molar-refractivity contribution in [2.75, 3.05) is 39.8 Å². The number of nitrogens with zero attached hydrogens (tertiary/aromatic N) is 2. The molecular formula is C12H23N3O. The summed E-state index contributed by atoms with van der Waals surface area (Å²) in [6.07, 6.45) is 3.20. The zero-order chi connectivity index (χ0) is 11.5. The fourth-order valence-electron chi connectivity index (χ4n) is 2.92. The van der Waals surface area contributed by atoms with E-state index in [1.807, 2.05) is 4.90 Å². The lowest BCUT2D eigenvalue weighted by molar-refractivity contribution is -0.128. The predicted octanol–water partition coefficient (Wildman–Crippen LogP) is 0.135. The van der Waals surface area contributed by atoms with E-state index in [0.29, 0.717) is 30.7 Å². The van der Waals surface area contributed by atoms with Crippen molar-refractivity contribution in [3.05, 3.63) is 0 Å². The molecule has 4 heteroatoms. The number of hydrogen-bond donors (Lipinski definition) is 1. The number of piperidine rings is 1. The molecule has 2 aliphatic heterocycles. The van der Waals surface area contributed by atoms with Crippen LogP contribution < -0.4 is 5.73 Å². The Morgan fingerprint density at radius 1 is 1.38 bits per heavy atom. The van der Waals surface area contributed by atoms with E-state index in [1.165, 1.54) is 19.4 Å². The minimum absolute atomic E-state index is 0.309. The van der Waals surface area contributed by atoms with Gasteiger partial charge < -0.3 is 15.5 Å². The van der Waals surface area contributed by atoms with Crippen LogP contribution in [0.1, 0.15) is 19.3 Å². The highest BCUT2D eigenvalue weighted by molar-refractivity contribution is 5.78. The van der Waals surface area contributed by atoms with Gasteiger partial charge in [-0.2, -0.15) is 0 Å². The first-order valence-corrected chi connectivity index (χ1v) is 6.35. The Kier molecular flexibility index (Phi) is 3.82. The van der Waals surface area contributed by atoms with Gasteiger partial charge in [0.15, 0.2) is 0 Å². The van der Waals surface area contributed by atoms with Gasteiger partial charge in [0.25, 0.3) is 0 Å². The minimum atomic E-state index is 0.309. The Hall–Kier alpha value is -0.610. The molecule has 2 fully saturated rings. The average Bonchev–Trinajstić information content (AvgIpc) is 2.60. The van der Waals surface area contributed by atoms with Crippen LogP contribution in [0.4, 0.5) is 0 Å². The number of hydrogen-bond acceptors (Lipinski definition) is 3. The third kappa shape index (κ3) is 2.74. The van der Waals surface area contributed by atoms with Crippen molar-refractivity contribution in [3.8, 4) is 0 Å². The lowest BCUT2D eigenvalue weighted by atomic mass is 9.98. The van der Waals surface area contributed by atoms with Crippen molar-refractivity contribution in [1.82, 2.24) is 9.80 Å². The zero-order valence-electron chi connectivity index (χ0n) is 10.2. The monoisotopic (exact) mass is 225 g/mol. The van der Waals surface area contributed by atoms with Crippen LogP contribution in [-0.4, -0.2) is 55.5 Å². The van der Waals surface area contributed by atoms with Gasteiger partial charge in [0, 0.05) is 26.1 Å². The van der Waals surface area contributed by atoms with Crippen molar-refractivity contribution >= 4 is 5.91 Å². The molecule has 2 saturated heterocycles. The molecule has 1 amide bonds. The first kappa shape index (κ1) is 11.9. The van der Waals surface area contributed by atoms with Gasteiger partial charge in [-0.15, -0.1) is 0 Å². The molecule has 2 N–H and O–H groups in total. The van der Waals surface area contributed by atoms with E-state index in [4.69, 9.17) is 5.73 Å². The van der Waals surface area contributed by atoms with E-state index in [-0.39, 0.29) is 0 Å². The van der Waals surface area contributed by atoms with Crippen LogP contribution in [0.25, 0.3) is 0 Å². The molecule has 0 radical (unpaired) electrons. The van der Waals surface area contributed by atoms with E-state index >= 15 is 0 Å². The predicted molar refractivity (Wildman–Crippen MR) is 64.0 cm³/mol. The van der Waals surface area contributed by atoms with Crippen LogP contribution in [0.2, 0.25) is 0 Å². The summed E-state index contributed by atoms with van der Waals surface area (Å²) in [7, 11) is 2.17. The third-order valence-corrected chi connectivity index (χ3v) is 3.83. The summed E-state index contributed by atoms with van der Waals surface area (Å²) in [5.41, 5.74) is 5.63. The molecule has 92 valence electrons. The Balaban J connectivity index is 1.82. The topological polar surface area (TPSA) is 49.6 Å². The van der Waals surface area contributed by atoms with Crippen LogP contribution in [-0.2, 0) is 4.79 Å². The smallest absolute Gasteiger partial charge is 0.222 e. The third-order valence-electron chi connectivity index (χ3n) is 3.83. The van der Waals surface area contributed by atoms with Crippen LogP contribution in [0.3, 0.4) is 0 Å². The molecule has 2 aliphatic rings. The van der Waals surface area contributed by atoms with Crippen molar-refractivity contribution in [2.45, 2.75) is 19.3 Å². The maximum Gasteiger partial charge on any atom is 0.222 e. The second kappa shape index (κ2) is 5.15. The maximum absolute atomic E-state index is 11.8. The molecule has 0 aromatic carbocycles. The van der Waals surface area contributed by atoms with E-state index in [1.54, 1.807) is 0 Å². The SMILES string of the molecule is CN1CCCC(CN2CC(CN)CC2=O)C1. The summed E-state index contributed by atoms with van der Waals surface area (Å²) >= 11 is 0. The summed E-state index contributed by atoms with van der Waals surface area (Å²) in [4.78, 5) is 16.2. The number of carbonyl (C=O) groups is 1. The molecule has 2 heterocycles. The molecule has 16 heavy (non-hydrogen) atoms. The van der Waals surface area contributed by atoms with Gasteiger partial charge >= 0.3 is 0 Å². The molecule has 0 aromatic rings. The van der Waals surface area contributed by atoms with Gasteiger partial charge in [-0.25, -0.2) is 0 Å². The van der Waals surface area contributed by atoms with Gasteiger partial charge in [-0.1, -0.05) is 0 Å². The maximum atomic E-state index is 11.8. The molecule has 2 atom stereocenters. The molecule has 0 aromatic heterocycles. The Morgan fingerprint density at radius 2 is 2.19 bits per heavy atom. The van der Waals surface area contributed by atoms with Gasteiger partial charge in [0.1, 0.15) is 0 Å². The summed E-state index contributed by atoms with van der Waals surface area (Å²) in [5.74, 6) is 1.37. The van der Waals surface area contributed by atoms with Crippen molar-refractivity contribution in [3.63, 3.8) is 0 Å². The molecule has 2 rings (SSSR count). The van der Waals surface area contributed by atoms with Gasteiger partial charge in [0.05, 0.1) is 0 Å². The summed E-state index contributed by atoms with van der Waals surface area (Å²) in [6, 6.07) is 0. The summed E-state index contributed by atoms with van der Waals surface area (Å²) in [6.45, 7) is 4.81. The van der Waals surface area contributed by atoms with Gasteiger partial charge in [-0.05, 0) is 44.8 Å². The van der Waals surface area contributed by atoms with Crippen molar-refractivity contribution in [2.24, 2.45) is 17.6 Å². The highest BCUT2D eigenvalue weighted by Crippen LogP contribution is 2.22. The van der Waals surface area contributed by atoms with E-state index in [0.717, 1.165) is 19.6 Å². The number of likely N-dealkylation sites (tertiary alicyclic amines) is 2. The molecule has 2 unspecified atom stereocenters. The first-order chi connectivity index (χ1) is 7.69. The number of nitrogens with two attached hydrogens (primary N) is 1. The lowest BCUT2D eigenvalue weighted by Crippen LogP contribution is -2.40. The van der Waals surface area contributed by atoms with Crippen LogP contribution in [0.5, 0.6) is 0 Å². The fraction of sp³-hybridized carbons (Fsp3) is 0.917. The summed E-state index contributed by atoms with van der Waals surface area (Å²) < 4.78 is 0. The second-order valence-electron chi connectivity index (χ2n) is 5.38. The average molecular weight is 225 g/mol. The molecule has 0 aliphatic carbocycles. The van der Waals surface area contributed by atoms with E-state index in [9.17, 15) is 4.79 Å². The van der Waals surface area contributed by atoms with Crippen molar-refractivity contribution < 1.29 is 4.79 Å². The number of amides is 1. The van der Waals surface area contributed by atoms with E-state index < -0.39 is 0 Å². The largest absolute Gasteiger partial charge is 0.342 e. The first-order valence-electron chi connectivity index (χ1n) is 6.35. The molecule has 0 spiro atoms. The molecular weight excluding hydrogens is 202 g/mol. The summed E-state index contributed by atoms with van der Waals surface area (Å²) in [5, 5.41) is 0. The highest BCUT2D eigenvalue weighted by atomic mass is 16.2. The molecule has 0 bridgehead atoms. The lowest BCUT2D eigenvalue weighted by Gasteiger charge is -2.32.